The number of rotatable bonds is 3. The zero-order valence-electron chi connectivity index (χ0n) is 10.2. The molecule has 1 heterocycles. The van der Waals surface area contributed by atoms with Gasteiger partial charge in [-0.05, 0) is 36.8 Å². The van der Waals surface area contributed by atoms with Gasteiger partial charge in [-0.3, -0.25) is 9.59 Å². The number of primary amides is 1. The second-order valence-corrected chi connectivity index (χ2v) is 4.31. The van der Waals surface area contributed by atoms with Gasteiger partial charge in [-0.1, -0.05) is 6.08 Å². The fraction of sp³-hybridized carbons (Fsp3) is 0.214. The molecule has 2 N–H and O–H groups in total. The number of benzene rings is 1. The van der Waals surface area contributed by atoms with Crippen LogP contribution in [0.5, 0.6) is 0 Å². The predicted molar refractivity (Wildman–Crippen MR) is 70.0 cm³/mol. The number of anilines is 1. The van der Waals surface area contributed by atoms with Crippen molar-refractivity contribution < 1.29 is 9.59 Å². The summed E-state index contributed by atoms with van der Waals surface area (Å²) in [7, 11) is 0. The van der Waals surface area contributed by atoms with E-state index in [1.54, 1.807) is 35.2 Å². The Morgan fingerprint density at radius 2 is 2.11 bits per heavy atom. The highest BCUT2D eigenvalue weighted by Gasteiger charge is 2.30. The number of hydrogen-bond acceptors (Lipinski definition) is 3. The van der Waals surface area contributed by atoms with E-state index in [0.29, 0.717) is 18.5 Å². The quantitative estimate of drug-likeness (QED) is 0.816. The molecule has 2 amide bonds. The van der Waals surface area contributed by atoms with Crippen LogP contribution >= 0.6 is 0 Å². The third-order valence-corrected chi connectivity index (χ3v) is 3.05. The number of hydrogen-bond donors (Lipinski definition) is 1. The van der Waals surface area contributed by atoms with Crippen LogP contribution in [-0.4, -0.2) is 18.4 Å². The molecule has 2 rings (SSSR count). The minimum Gasteiger partial charge on any atom is -0.366 e. The summed E-state index contributed by atoms with van der Waals surface area (Å²) < 4.78 is 0. The van der Waals surface area contributed by atoms with Crippen molar-refractivity contribution in [2.75, 3.05) is 11.4 Å². The Balaban J connectivity index is 2.13. The van der Waals surface area contributed by atoms with Gasteiger partial charge in [0.1, 0.15) is 0 Å². The Hall–Kier alpha value is -2.61. The Labute approximate surface area is 110 Å². The van der Waals surface area contributed by atoms with Crippen LogP contribution in [0.1, 0.15) is 12.0 Å². The molecule has 0 aliphatic carbocycles. The van der Waals surface area contributed by atoms with Crippen molar-refractivity contribution in [1.82, 2.24) is 0 Å². The van der Waals surface area contributed by atoms with Gasteiger partial charge in [0.25, 0.3) is 0 Å². The van der Waals surface area contributed by atoms with Crippen molar-refractivity contribution in [3.63, 3.8) is 0 Å². The highest BCUT2D eigenvalue weighted by molar-refractivity contribution is 5.99. The van der Waals surface area contributed by atoms with Crippen molar-refractivity contribution in [3.8, 4) is 6.07 Å². The number of nitriles is 1. The van der Waals surface area contributed by atoms with E-state index in [4.69, 9.17) is 11.0 Å². The lowest BCUT2D eigenvalue weighted by Gasteiger charge is -2.16. The molecule has 1 aromatic rings. The average molecular weight is 255 g/mol. The topological polar surface area (TPSA) is 87.2 Å². The van der Waals surface area contributed by atoms with E-state index < -0.39 is 5.91 Å². The first-order chi connectivity index (χ1) is 9.11. The lowest BCUT2D eigenvalue weighted by Crippen LogP contribution is -2.26. The molecule has 1 fully saturated rings. The van der Waals surface area contributed by atoms with Gasteiger partial charge >= 0.3 is 0 Å². The van der Waals surface area contributed by atoms with Crippen LogP contribution in [0.25, 0.3) is 0 Å². The summed E-state index contributed by atoms with van der Waals surface area (Å²) in [6, 6.07) is 8.88. The standard InChI is InChI=1S/C14H13N3O2/c15-9-10-1-4-12(5-2-10)17-8-7-11(14(17)19)3-6-13(16)18/h1-6,11H,7-8H2,(H2,16,18). The second-order valence-electron chi connectivity index (χ2n) is 4.31. The zero-order chi connectivity index (χ0) is 13.8. The van der Waals surface area contributed by atoms with E-state index >= 15 is 0 Å². The van der Waals surface area contributed by atoms with Crippen molar-refractivity contribution in [2.24, 2.45) is 11.7 Å². The van der Waals surface area contributed by atoms with Crippen LogP contribution < -0.4 is 10.6 Å². The summed E-state index contributed by atoms with van der Waals surface area (Å²) in [5.41, 5.74) is 6.33. The minimum atomic E-state index is -0.551. The number of carbonyl (C=O) groups is 2. The summed E-state index contributed by atoms with van der Waals surface area (Å²) in [6.45, 7) is 0.596. The van der Waals surface area contributed by atoms with Gasteiger partial charge in [0.05, 0.1) is 17.6 Å². The number of nitrogens with two attached hydrogens (primary N) is 1. The first-order valence-corrected chi connectivity index (χ1v) is 5.91. The first kappa shape index (κ1) is 12.8. The normalized spacial score (nSPS) is 18.8. The molecule has 0 radical (unpaired) electrons. The van der Waals surface area contributed by atoms with E-state index in [1.807, 2.05) is 6.07 Å². The average Bonchev–Trinajstić information content (AvgIpc) is 2.78. The summed E-state index contributed by atoms with van der Waals surface area (Å²) >= 11 is 0. The smallest absolute Gasteiger partial charge is 0.241 e. The fourth-order valence-corrected chi connectivity index (χ4v) is 2.06. The molecule has 5 heteroatoms. The molecule has 1 aromatic carbocycles. The maximum Gasteiger partial charge on any atom is 0.241 e. The maximum atomic E-state index is 12.1. The molecule has 1 unspecified atom stereocenters. The van der Waals surface area contributed by atoms with Crippen LogP contribution in [-0.2, 0) is 9.59 Å². The summed E-state index contributed by atoms with van der Waals surface area (Å²) in [5.74, 6) is -0.907. The molecule has 96 valence electrons. The summed E-state index contributed by atoms with van der Waals surface area (Å²) in [5, 5.41) is 8.73. The fourth-order valence-electron chi connectivity index (χ4n) is 2.06. The van der Waals surface area contributed by atoms with Crippen LogP contribution in [0.15, 0.2) is 36.4 Å². The zero-order valence-corrected chi connectivity index (χ0v) is 10.2. The van der Waals surface area contributed by atoms with Crippen LogP contribution in [0.2, 0.25) is 0 Å². The SMILES string of the molecule is N#Cc1ccc(N2CCC(C=CC(N)=O)C2=O)cc1. The van der Waals surface area contributed by atoms with E-state index in [-0.39, 0.29) is 11.8 Å². The summed E-state index contributed by atoms with van der Waals surface area (Å²) in [6.07, 6.45) is 3.43. The number of amides is 2. The van der Waals surface area contributed by atoms with Gasteiger partial charge in [-0.2, -0.15) is 5.26 Å². The van der Waals surface area contributed by atoms with Crippen molar-refractivity contribution in [3.05, 3.63) is 42.0 Å². The van der Waals surface area contributed by atoms with Gasteiger partial charge in [-0.25, -0.2) is 0 Å². The van der Waals surface area contributed by atoms with Crippen LogP contribution in [0.3, 0.4) is 0 Å². The number of carbonyl (C=O) groups excluding carboxylic acids is 2. The van der Waals surface area contributed by atoms with E-state index in [1.165, 1.54) is 6.08 Å². The first-order valence-electron chi connectivity index (χ1n) is 5.91. The van der Waals surface area contributed by atoms with E-state index in [9.17, 15) is 9.59 Å². The molecule has 1 saturated heterocycles. The Morgan fingerprint density at radius 3 is 2.68 bits per heavy atom. The molecular weight excluding hydrogens is 242 g/mol. The molecule has 1 atom stereocenters. The second kappa shape index (κ2) is 5.36. The third-order valence-electron chi connectivity index (χ3n) is 3.05. The molecule has 5 nitrogen and oxygen atoms in total. The molecule has 0 aromatic heterocycles. The van der Waals surface area contributed by atoms with Gasteiger partial charge in [0, 0.05) is 12.2 Å². The van der Waals surface area contributed by atoms with Crippen LogP contribution in [0.4, 0.5) is 5.69 Å². The van der Waals surface area contributed by atoms with Crippen molar-refractivity contribution in [2.45, 2.75) is 6.42 Å². The third kappa shape index (κ3) is 2.80. The maximum absolute atomic E-state index is 12.1. The molecule has 0 spiro atoms. The van der Waals surface area contributed by atoms with Crippen LogP contribution in [0, 0.1) is 17.2 Å². The van der Waals surface area contributed by atoms with Crippen molar-refractivity contribution >= 4 is 17.5 Å². The molecule has 0 saturated carbocycles. The Kier molecular flexibility index (Phi) is 3.62. The largest absolute Gasteiger partial charge is 0.366 e. The van der Waals surface area contributed by atoms with E-state index in [2.05, 4.69) is 0 Å². The van der Waals surface area contributed by atoms with Gasteiger partial charge < -0.3 is 10.6 Å². The lowest BCUT2D eigenvalue weighted by atomic mass is 10.1. The Bertz CT molecular complexity index is 569. The molecule has 1 aliphatic heterocycles. The minimum absolute atomic E-state index is 0.0535. The van der Waals surface area contributed by atoms with Gasteiger partial charge in [0.2, 0.25) is 11.8 Å². The van der Waals surface area contributed by atoms with Gasteiger partial charge in [0.15, 0.2) is 0 Å². The highest BCUT2D eigenvalue weighted by atomic mass is 16.2. The monoisotopic (exact) mass is 255 g/mol. The van der Waals surface area contributed by atoms with Gasteiger partial charge in [-0.15, -0.1) is 0 Å². The highest BCUT2D eigenvalue weighted by Crippen LogP contribution is 2.26. The Morgan fingerprint density at radius 1 is 1.42 bits per heavy atom. The molecule has 1 aliphatic rings. The van der Waals surface area contributed by atoms with Crippen molar-refractivity contribution in [1.29, 1.82) is 5.26 Å². The lowest BCUT2D eigenvalue weighted by molar-refractivity contribution is -0.119. The molecule has 19 heavy (non-hydrogen) atoms. The molecule has 0 bridgehead atoms. The van der Waals surface area contributed by atoms with E-state index in [0.717, 1.165) is 5.69 Å². The predicted octanol–water partition coefficient (Wildman–Crippen LogP) is 0.953. The number of nitrogens with zero attached hydrogens (tertiary/aromatic N) is 2. The summed E-state index contributed by atoms with van der Waals surface area (Å²) in [4.78, 5) is 24.4. The molecular formula is C14H13N3O2.